The Morgan fingerprint density at radius 3 is 1.11 bits per heavy atom. The van der Waals surface area contributed by atoms with Gasteiger partial charge >= 0.3 is 0 Å². The monoisotopic (exact) mass is 711 g/mol. The molecule has 0 saturated heterocycles. The lowest BCUT2D eigenvalue weighted by Gasteiger charge is -2.16. The number of aromatic nitrogens is 3. The summed E-state index contributed by atoms with van der Waals surface area (Å²) in [4.78, 5) is 14.7. The highest BCUT2D eigenvalue weighted by molar-refractivity contribution is 6.34. The topological polar surface area (TPSA) is 38.7 Å². The minimum Gasteiger partial charge on any atom is -0.208 e. The van der Waals surface area contributed by atoms with Crippen LogP contribution in [0.2, 0.25) is 0 Å². The summed E-state index contributed by atoms with van der Waals surface area (Å²) in [7, 11) is 0. The zero-order valence-corrected chi connectivity index (χ0v) is 30.4. The number of nitrogens with zero attached hydrogens (tertiary/aromatic N) is 3. The van der Waals surface area contributed by atoms with Gasteiger partial charge in [-0.25, -0.2) is 15.0 Å². The van der Waals surface area contributed by atoms with Crippen LogP contribution in [-0.4, -0.2) is 15.0 Å². The van der Waals surface area contributed by atoms with E-state index in [1.54, 1.807) is 0 Å². The molecule has 0 saturated carbocycles. The molecule has 11 rings (SSSR count). The van der Waals surface area contributed by atoms with E-state index < -0.39 is 0 Å². The summed E-state index contributed by atoms with van der Waals surface area (Å²) in [5.74, 6) is 1.96. The molecule has 0 atom stereocenters. The van der Waals surface area contributed by atoms with Crippen molar-refractivity contribution < 1.29 is 0 Å². The van der Waals surface area contributed by atoms with Gasteiger partial charge in [-0.1, -0.05) is 200 Å². The largest absolute Gasteiger partial charge is 0.208 e. The minimum atomic E-state index is 0.648. The molecule has 260 valence electrons. The lowest BCUT2D eigenvalue weighted by atomic mass is 9.88. The first-order chi connectivity index (χ1) is 27.8. The van der Waals surface area contributed by atoms with Gasteiger partial charge in [0.25, 0.3) is 0 Å². The first kappa shape index (κ1) is 32.0. The Labute approximate surface area is 324 Å². The van der Waals surface area contributed by atoms with Crippen LogP contribution in [0.5, 0.6) is 0 Å². The third-order valence-electron chi connectivity index (χ3n) is 11.1. The van der Waals surface area contributed by atoms with Crippen LogP contribution in [0.1, 0.15) is 0 Å². The fraction of sp³-hybridized carbons (Fsp3) is 0. The summed E-state index contributed by atoms with van der Waals surface area (Å²) in [6.07, 6.45) is 0. The number of hydrogen-bond donors (Lipinski definition) is 0. The molecule has 1 heterocycles. The van der Waals surface area contributed by atoms with E-state index in [2.05, 4.69) is 140 Å². The average molecular weight is 712 g/mol. The normalized spacial score (nSPS) is 11.6. The van der Waals surface area contributed by atoms with E-state index in [1.165, 1.54) is 65.0 Å². The molecular weight excluding hydrogens is 679 g/mol. The van der Waals surface area contributed by atoms with E-state index in [4.69, 9.17) is 15.0 Å². The van der Waals surface area contributed by atoms with Crippen LogP contribution in [0, 0.1) is 0 Å². The van der Waals surface area contributed by atoms with Gasteiger partial charge in [0.05, 0.1) is 0 Å². The summed E-state index contributed by atoms with van der Waals surface area (Å²) >= 11 is 0. The van der Waals surface area contributed by atoms with Crippen molar-refractivity contribution in [3.8, 4) is 56.4 Å². The van der Waals surface area contributed by atoms with Crippen molar-refractivity contribution in [2.45, 2.75) is 0 Å². The molecule has 0 N–H and O–H groups in total. The van der Waals surface area contributed by atoms with Gasteiger partial charge in [-0.2, -0.15) is 0 Å². The Balaban J connectivity index is 1.02. The van der Waals surface area contributed by atoms with Crippen molar-refractivity contribution in [3.63, 3.8) is 0 Å². The number of benzene rings is 9. The maximum atomic E-state index is 4.92. The molecule has 1 aromatic heterocycles. The van der Waals surface area contributed by atoms with Crippen LogP contribution in [0.15, 0.2) is 200 Å². The molecular formula is C53H33N3. The fourth-order valence-electron chi connectivity index (χ4n) is 8.44. The third kappa shape index (κ3) is 5.32. The zero-order valence-electron chi connectivity index (χ0n) is 30.4. The van der Waals surface area contributed by atoms with Crippen LogP contribution in [0.4, 0.5) is 0 Å². The average Bonchev–Trinajstić information content (AvgIpc) is 3.28. The first-order valence-corrected chi connectivity index (χ1v) is 19.0. The smallest absolute Gasteiger partial charge is 0.164 e. The van der Waals surface area contributed by atoms with Crippen molar-refractivity contribution in [2.75, 3.05) is 0 Å². The Kier molecular flexibility index (Phi) is 7.49. The molecule has 0 fully saturated rings. The molecule has 0 aliphatic heterocycles. The van der Waals surface area contributed by atoms with E-state index in [9.17, 15) is 0 Å². The highest BCUT2D eigenvalue weighted by Gasteiger charge is 2.16. The molecule has 0 aliphatic rings. The van der Waals surface area contributed by atoms with E-state index in [-0.39, 0.29) is 0 Å². The van der Waals surface area contributed by atoms with Crippen molar-refractivity contribution in [3.05, 3.63) is 200 Å². The van der Waals surface area contributed by atoms with Gasteiger partial charge in [0.15, 0.2) is 17.5 Å². The fourth-order valence-corrected chi connectivity index (χ4v) is 8.44. The molecule has 0 aliphatic carbocycles. The maximum absolute atomic E-state index is 4.92. The van der Waals surface area contributed by atoms with Gasteiger partial charge in [-0.3, -0.25) is 0 Å². The number of rotatable bonds is 5. The molecule has 0 unspecified atom stereocenters. The maximum Gasteiger partial charge on any atom is 0.164 e. The highest BCUT2D eigenvalue weighted by Crippen LogP contribution is 2.43. The molecule has 0 radical (unpaired) electrons. The second kappa shape index (κ2) is 13.1. The molecule has 0 spiro atoms. The Hall–Kier alpha value is -7.49. The van der Waals surface area contributed by atoms with Crippen LogP contribution >= 0.6 is 0 Å². The van der Waals surface area contributed by atoms with E-state index in [0.29, 0.717) is 17.5 Å². The summed E-state index contributed by atoms with van der Waals surface area (Å²) in [5.41, 5.74) is 7.54. The van der Waals surface area contributed by atoms with Gasteiger partial charge < -0.3 is 0 Å². The van der Waals surface area contributed by atoms with Crippen molar-refractivity contribution in [1.29, 1.82) is 0 Å². The summed E-state index contributed by atoms with van der Waals surface area (Å²) in [5, 5.41) is 12.7. The molecule has 10 aromatic carbocycles. The summed E-state index contributed by atoms with van der Waals surface area (Å²) in [6.45, 7) is 0. The lowest BCUT2D eigenvalue weighted by Crippen LogP contribution is -2.00. The standard InChI is InChI=1S/C53H33N3/c1-3-12-39(13-4-1)51-54-52(40-14-5-2-6-15-40)56-53(55-51)41-32-26-35(27-33-41)34-24-28-36(29-25-34)42-20-11-23-47-46-22-10-17-38-31-30-37-16-9-21-44(48(37)49(38)46)43-18-7-8-19-45(43)50(42)47/h1-33H. The van der Waals surface area contributed by atoms with Crippen molar-refractivity contribution >= 4 is 53.9 Å². The van der Waals surface area contributed by atoms with Crippen molar-refractivity contribution in [2.24, 2.45) is 0 Å². The minimum absolute atomic E-state index is 0.648. The molecule has 0 amide bonds. The Morgan fingerprint density at radius 1 is 0.214 bits per heavy atom. The highest BCUT2D eigenvalue weighted by atomic mass is 15.0. The lowest BCUT2D eigenvalue weighted by molar-refractivity contribution is 1.07. The number of hydrogen-bond acceptors (Lipinski definition) is 3. The van der Waals surface area contributed by atoms with Crippen LogP contribution in [0.25, 0.3) is 110 Å². The SMILES string of the molecule is c1ccc(-c2nc(-c3ccccc3)nc(-c3ccc(-c4ccc(-c5cccc6c7cccc8ccc9cccc(c%10ccccc%10c56)c9c87)cc4)cc3)n2)cc1. The van der Waals surface area contributed by atoms with Gasteiger partial charge in [0.2, 0.25) is 0 Å². The summed E-state index contributed by atoms with van der Waals surface area (Å²) < 4.78 is 0. The molecule has 3 nitrogen and oxygen atoms in total. The van der Waals surface area contributed by atoms with Gasteiger partial charge in [-0.15, -0.1) is 0 Å². The third-order valence-corrected chi connectivity index (χ3v) is 11.1. The van der Waals surface area contributed by atoms with E-state index in [0.717, 1.165) is 27.8 Å². The summed E-state index contributed by atoms with van der Waals surface area (Å²) in [6, 6.07) is 71.4. The van der Waals surface area contributed by atoms with Gasteiger partial charge in [-0.05, 0) is 76.1 Å². The number of fused-ring (bicyclic) bond motifs is 5. The van der Waals surface area contributed by atoms with Crippen molar-refractivity contribution in [1.82, 2.24) is 15.0 Å². The van der Waals surface area contributed by atoms with E-state index in [1.807, 2.05) is 60.7 Å². The Morgan fingerprint density at radius 2 is 0.571 bits per heavy atom. The zero-order chi connectivity index (χ0) is 37.0. The quantitative estimate of drug-likeness (QED) is 0.167. The van der Waals surface area contributed by atoms with Crippen LogP contribution < -0.4 is 0 Å². The Bertz CT molecular complexity index is 3210. The van der Waals surface area contributed by atoms with E-state index >= 15 is 0 Å². The second-order valence-corrected chi connectivity index (χ2v) is 14.3. The van der Waals surface area contributed by atoms with Crippen LogP contribution in [-0.2, 0) is 0 Å². The second-order valence-electron chi connectivity index (χ2n) is 14.3. The molecule has 56 heavy (non-hydrogen) atoms. The van der Waals surface area contributed by atoms with Crippen LogP contribution in [0.3, 0.4) is 0 Å². The predicted octanol–water partition coefficient (Wildman–Crippen LogP) is 14.0. The predicted molar refractivity (Wildman–Crippen MR) is 235 cm³/mol. The molecule has 0 bridgehead atoms. The molecule has 11 aromatic rings. The van der Waals surface area contributed by atoms with Gasteiger partial charge in [0.1, 0.15) is 0 Å². The first-order valence-electron chi connectivity index (χ1n) is 19.0. The molecule has 3 heteroatoms. The van der Waals surface area contributed by atoms with Gasteiger partial charge in [0, 0.05) is 16.7 Å².